The highest BCUT2D eigenvalue weighted by atomic mass is 16.2. The zero-order valence-electron chi connectivity index (χ0n) is 9.79. The van der Waals surface area contributed by atoms with Crippen LogP contribution in [0.25, 0.3) is 0 Å². The Morgan fingerprint density at radius 3 is 2.53 bits per heavy atom. The van der Waals surface area contributed by atoms with Gasteiger partial charge in [0.2, 0.25) is 0 Å². The summed E-state index contributed by atoms with van der Waals surface area (Å²) in [5.41, 5.74) is 3.48. The third kappa shape index (κ3) is 1.54. The van der Waals surface area contributed by atoms with Gasteiger partial charge in [-0.25, -0.2) is 0 Å². The molecule has 0 atom stereocenters. The lowest BCUT2D eigenvalue weighted by Crippen LogP contribution is -2.17. The number of benzene rings is 1. The van der Waals surface area contributed by atoms with Crippen molar-refractivity contribution in [3.63, 3.8) is 0 Å². The van der Waals surface area contributed by atoms with E-state index in [0.717, 1.165) is 12.1 Å². The number of nitrogens with zero attached hydrogens (tertiary/aromatic N) is 1. The van der Waals surface area contributed by atoms with Crippen LogP contribution in [-0.2, 0) is 12.0 Å². The van der Waals surface area contributed by atoms with Gasteiger partial charge in [-0.2, -0.15) is 0 Å². The smallest absolute Gasteiger partial charge is 0.254 e. The molecular formula is C13H17NO. The third-order valence-corrected chi connectivity index (χ3v) is 2.96. The molecule has 15 heavy (non-hydrogen) atoms. The van der Waals surface area contributed by atoms with Crippen LogP contribution in [0.1, 0.15) is 42.3 Å². The second-order valence-corrected chi connectivity index (χ2v) is 5.24. The van der Waals surface area contributed by atoms with Gasteiger partial charge in [0.1, 0.15) is 0 Å². The van der Waals surface area contributed by atoms with Crippen LogP contribution in [0.15, 0.2) is 18.2 Å². The van der Waals surface area contributed by atoms with Crippen molar-refractivity contribution in [1.82, 2.24) is 4.90 Å². The van der Waals surface area contributed by atoms with Gasteiger partial charge in [0.25, 0.3) is 5.91 Å². The molecule has 1 aromatic rings. The van der Waals surface area contributed by atoms with Crippen LogP contribution in [-0.4, -0.2) is 17.9 Å². The predicted molar refractivity (Wildman–Crippen MR) is 60.9 cm³/mol. The van der Waals surface area contributed by atoms with E-state index in [1.807, 2.05) is 19.2 Å². The molecule has 0 bridgehead atoms. The van der Waals surface area contributed by atoms with Crippen molar-refractivity contribution in [3.8, 4) is 0 Å². The Balaban J connectivity index is 2.60. The maximum atomic E-state index is 11.8. The van der Waals surface area contributed by atoms with E-state index in [9.17, 15) is 4.79 Å². The van der Waals surface area contributed by atoms with Crippen LogP contribution in [0.3, 0.4) is 0 Å². The van der Waals surface area contributed by atoms with Crippen molar-refractivity contribution in [2.24, 2.45) is 0 Å². The first-order valence-corrected chi connectivity index (χ1v) is 5.29. The van der Waals surface area contributed by atoms with E-state index >= 15 is 0 Å². The minimum Gasteiger partial charge on any atom is -0.337 e. The standard InChI is InChI=1S/C13H17NO/c1-13(2,3)11-7-5-6-9-10(11)8-14(4)12(9)15/h5-7H,8H2,1-4H3. The summed E-state index contributed by atoms with van der Waals surface area (Å²) in [6.07, 6.45) is 0. The Morgan fingerprint density at radius 2 is 1.93 bits per heavy atom. The highest BCUT2D eigenvalue weighted by molar-refractivity contribution is 5.98. The highest BCUT2D eigenvalue weighted by Gasteiger charge is 2.29. The molecule has 0 radical (unpaired) electrons. The summed E-state index contributed by atoms with van der Waals surface area (Å²) in [6, 6.07) is 6.04. The van der Waals surface area contributed by atoms with Gasteiger partial charge in [0.15, 0.2) is 0 Å². The maximum Gasteiger partial charge on any atom is 0.254 e. The number of rotatable bonds is 0. The lowest BCUT2D eigenvalue weighted by atomic mass is 9.83. The van der Waals surface area contributed by atoms with Gasteiger partial charge < -0.3 is 4.90 Å². The Morgan fingerprint density at radius 1 is 1.27 bits per heavy atom. The molecule has 2 heteroatoms. The van der Waals surface area contributed by atoms with Crippen molar-refractivity contribution in [2.45, 2.75) is 32.7 Å². The lowest BCUT2D eigenvalue weighted by Gasteiger charge is -2.22. The number of amides is 1. The average Bonchev–Trinajstić information content (AvgIpc) is 2.41. The first-order valence-electron chi connectivity index (χ1n) is 5.29. The predicted octanol–water partition coefficient (Wildman–Crippen LogP) is 2.57. The Bertz CT molecular complexity index is 415. The minimum atomic E-state index is 0.108. The molecule has 0 aliphatic carbocycles. The van der Waals surface area contributed by atoms with E-state index < -0.39 is 0 Å². The molecule has 1 aliphatic heterocycles. The van der Waals surface area contributed by atoms with Crippen LogP contribution < -0.4 is 0 Å². The van der Waals surface area contributed by atoms with Crippen molar-refractivity contribution in [3.05, 3.63) is 34.9 Å². The topological polar surface area (TPSA) is 20.3 Å². The van der Waals surface area contributed by atoms with Crippen molar-refractivity contribution in [2.75, 3.05) is 7.05 Å². The van der Waals surface area contributed by atoms with Crippen LogP contribution in [0.5, 0.6) is 0 Å². The highest BCUT2D eigenvalue weighted by Crippen LogP contribution is 2.32. The van der Waals surface area contributed by atoms with E-state index in [2.05, 4.69) is 26.8 Å². The normalized spacial score (nSPS) is 15.7. The van der Waals surface area contributed by atoms with Crippen LogP contribution in [0, 0.1) is 0 Å². The molecule has 2 nitrogen and oxygen atoms in total. The molecule has 1 heterocycles. The van der Waals surface area contributed by atoms with Gasteiger partial charge in [0.05, 0.1) is 0 Å². The largest absolute Gasteiger partial charge is 0.337 e. The van der Waals surface area contributed by atoms with Gasteiger partial charge in [-0.3, -0.25) is 4.79 Å². The quantitative estimate of drug-likeness (QED) is 0.634. The second-order valence-electron chi connectivity index (χ2n) is 5.24. The van der Waals surface area contributed by atoms with E-state index in [1.54, 1.807) is 4.90 Å². The van der Waals surface area contributed by atoms with E-state index in [4.69, 9.17) is 0 Å². The molecule has 0 saturated heterocycles. The number of carbonyl (C=O) groups is 1. The van der Waals surface area contributed by atoms with Crippen LogP contribution in [0.2, 0.25) is 0 Å². The summed E-state index contributed by atoms with van der Waals surface area (Å²) in [7, 11) is 1.86. The molecule has 0 fully saturated rings. The zero-order valence-corrected chi connectivity index (χ0v) is 9.79. The van der Waals surface area contributed by atoms with Crippen LogP contribution in [0.4, 0.5) is 0 Å². The SMILES string of the molecule is CN1Cc2c(cccc2C(C)(C)C)C1=O. The summed E-state index contributed by atoms with van der Waals surface area (Å²) in [5, 5.41) is 0. The lowest BCUT2D eigenvalue weighted by molar-refractivity contribution is 0.0816. The Labute approximate surface area is 90.9 Å². The van der Waals surface area contributed by atoms with Gasteiger partial charge in [-0.05, 0) is 22.6 Å². The molecular weight excluding hydrogens is 186 g/mol. The molecule has 1 aromatic carbocycles. The summed E-state index contributed by atoms with van der Waals surface area (Å²) < 4.78 is 0. The molecule has 1 aliphatic rings. The van der Waals surface area contributed by atoms with Gasteiger partial charge in [-0.15, -0.1) is 0 Å². The van der Waals surface area contributed by atoms with Crippen molar-refractivity contribution < 1.29 is 4.79 Å². The van der Waals surface area contributed by atoms with Gasteiger partial charge in [-0.1, -0.05) is 32.9 Å². The van der Waals surface area contributed by atoms with Crippen molar-refractivity contribution >= 4 is 5.91 Å². The molecule has 0 saturated carbocycles. The molecule has 2 rings (SSSR count). The minimum absolute atomic E-state index is 0.108. The molecule has 0 aromatic heterocycles. The van der Waals surface area contributed by atoms with Crippen LogP contribution >= 0.6 is 0 Å². The fraction of sp³-hybridized carbons (Fsp3) is 0.462. The van der Waals surface area contributed by atoms with E-state index in [0.29, 0.717) is 0 Å². The van der Waals surface area contributed by atoms with E-state index in [-0.39, 0.29) is 11.3 Å². The zero-order chi connectivity index (χ0) is 11.2. The first-order chi connectivity index (χ1) is 6.91. The fourth-order valence-corrected chi connectivity index (χ4v) is 2.17. The number of carbonyl (C=O) groups excluding carboxylic acids is 1. The number of fused-ring (bicyclic) bond motifs is 1. The Hall–Kier alpha value is -1.31. The molecule has 0 N–H and O–H groups in total. The average molecular weight is 203 g/mol. The summed E-state index contributed by atoms with van der Waals surface area (Å²) in [6.45, 7) is 7.31. The first kappa shape index (κ1) is 10.2. The molecule has 0 unspecified atom stereocenters. The van der Waals surface area contributed by atoms with Crippen molar-refractivity contribution in [1.29, 1.82) is 0 Å². The monoisotopic (exact) mass is 203 g/mol. The third-order valence-electron chi connectivity index (χ3n) is 2.96. The maximum absolute atomic E-state index is 11.8. The number of hydrogen-bond acceptors (Lipinski definition) is 1. The fourth-order valence-electron chi connectivity index (χ4n) is 2.17. The molecule has 1 amide bonds. The summed E-state index contributed by atoms with van der Waals surface area (Å²) in [5.74, 6) is 0.149. The second kappa shape index (κ2) is 3.09. The van der Waals surface area contributed by atoms with Gasteiger partial charge >= 0.3 is 0 Å². The Kier molecular flexibility index (Phi) is 2.10. The van der Waals surface area contributed by atoms with E-state index in [1.165, 1.54) is 11.1 Å². The summed E-state index contributed by atoms with van der Waals surface area (Å²) >= 11 is 0. The number of hydrogen-bond donors (Lipinski definition) is 0. The summed E-state index contributed by atoms with van der Waals surface area (Å²) in [4.78, 5) is 13.6. The van der Waals surface area contributed by atoms with Gasteiger partial charge in [0, 0.05) is 19.2 Å². The molecule has 0 spiro atoms. The molecule has 80 valence electrons.